The molecule has 0 heterocycles. The van der Waals surface area contributed by atoms with E-state index in [4.69, 9.17) is 4.74 Å². The third-order valence-corrected chi connectivity index (χ3v) is 5.66. The summed E-state index contributed by atoms with van der Waals surface area (Å²) in [4.78, 5) is 12.7. The average Bonchev–Trinajstić information content (AvgIpc) is 2.65. The highest BCUT2D eigenvalue weighted by molar-refractivity contribution is 5.79. The van der Waals surface area contributed by atoms with Gasteiger partial charge in [0, 0.05) is 0 Å². The third-order valence-electron chi connectivity index (χ3n) is 5.66. The summed E-state index contributed by atoms with van der Waals surface area (Å²) in [6.45, 7) is 14.3. The summed E-state index contributed by atoms with van der Waals surface area (Å²) >= 11 is 0. The maximum Gasteiger partial charge on any atom is 0.320 e. The van der Waals surface area contributed by atoms with Crippen LogP contribution >= 0.6 is 0 Å². The zero-order chi connectivity index (χ0) is 19.7. The molecule has 152 valence electrons. The fourth-order valence-corrected chi connectivity index (χ4v) is 3.78. The maximum absolute atomic E-state index is 12.7. The fraction of sp³-hybridized carbons (Fsp3) is 0.792. The number of hydrogen-bond acceptors (Lipinski definition) is 2. The zero-order valence-corrected chi connectivity index (χ0v) is 17.9. The van der Waals surface area contributed by atoms with E-state index in [2.05, 4.69) is 33.9 Å². The Hall–Kier alpha value is -1.05. The molecule has 26 heavy (non-hydrogen) atoms. The molecular weight excluding hydrogens is 320 g/mol. The molecule has 0 aromatic carbocycles. The van der Waals surface area contributed by atoms with Gasteiger partial charge in [0.15, 0.2) is 0 Å². The Labute approximate surface area is 163 Å². The number of rotatable bonds is 18. The van der Waals surface area contributed by atoms with Crippen LogP contribution < -0.4 is 0 Å². The van der Waals surface area contributed by atoms with Crippen molar-refractivity contribution in [2.45, 2.75) is 111 Å². The van der Waals surface area contributed by atoms with Gasteiger partial charge in [-0.05, 0) is 18.8 Å². The lowest BCUT2D eigenvalue weighted by Crippen LogP contribution is -2.32. The van der Waals surface area contributed by atoms with Crippen LogP contribution in [0.1, 0.15) is 111 Å². The zero-order valence-electron chi connectivity index (χ0n) is 17.9. The van der Waals surface area contributed by atoms with E-state index in [-0.39, 0.29) is 5.97 Å². The van der Waals surface area contributed by atoms with Gasteiger partial charge in [-0.3, -0.25) is 4.79 Å². The van der Waals surface area contributed by atoms with Gasteiger partial charge in [-0.2, -0.15) is 0 Å². The minimum absolute atomic E-state index is 0.166. The van der Waals surface area contributed by atoms with Crippen molar-refractivity contribution >= 4 is 5.97 Å². The van der Waals surface area contributed by atoms with Crippen LogP contribution in [0, 0.1) is 11.3 Å². The van der Waals surface area contributed by atoms with Crippen molar-refractivity contribution < 1.29 is 9.53 Å². The summed E-state index contributed by atoms with van der Waals surface area (Å²) in [5, 5.41) is 0. The van der Waals surface area contributed by atoms with E-state index in [0.717, 1.165) is 25.7 Å². The summed E-state index contributed by atoms with van der Waals surface area (Å²) in [7, 11) is 0. The molecular formula is C24H44O2. The highest BCUT2D eigenvalue weighted by atomic mass is 16.5. The molecule has 0 spiro atoms. The van der Waals surface area contributed by atoms with Crippen molar-refractivity contribution in [2.24, 2.45) is 11.3 Å². The van der Waals surface area contributed by atoms with E-state index in [0.29, 0.717) is 5.92 Å². The number of carbonyl (C=O) groups excluding carboxylic acids is 1. The minimum Gasteiger partial charge on any atom is -0.434 e. The monoisotopic (exact) mass is 364 g/mol. The molecule has 2 atom stereocenters. The van der Waals surface area contributed by atoms with Crippen LogP contribution in [0.4, 0.5) is 0 Å². The van der Waals surface area contributed by atoms with E-state index in [1.54, 1.807) is 0 Å². The van der Waals surface area contributed by atoms with Crippen molar-refractivity contribution in [3.63, 3.8) is 0 Å². The highest BCUT2D eigenvalue weighted by Crippen LogP contribution is 2.38. The van der Waals surface area contributed by atoms with Crippen LogP contribution in [-0.2, 0) is 9.53 Å². The van der Waals surface area contributed by atoms with Crippen molar-refractivity contribution in [2.75, 3.05) is 0 Å². The van der Waals surface area contributed by atoms with Crippen molar-refractivity contribution in [1.29, 1.82) is 0 Å². The van der Waals surface area contributed by atoms with Gasteiger partial charge in [-0.1, -0.05) is 110 Å². The Bertz CT molecular complexity index is 374. The number of ether oxygens (including phenoxy) is 1. The molecule has 0 rings (SSSR count). The lowest BCUT2D eigenvalue weighted by Gasteiger charge is -2.31. The van der Waals surface area contributed by atoms with Gasteiger partial charge in [-0.15, -0.1) is 6.58 Å². The number of unbranched alkanes of at least 4 members (excludes halogenated alkanes) is 8. The first kappa shape index (κ1) is 24.9. The van der Waals surface area contributed by atoms with Gasteiger partial charge in [0.05, 0.1) is 11.7 Å². The summed E-state index contributed by atoms with van der Waals surface area (Å²) in [6, 6.07) is 0. The Morgan fingerprint density at radius 2 is 1.50 bits per heavy atom. The quantitative estimate of drug-likeness (QED) is 0.107. The van der Waals surface area contributed by atoms with Crippen LogP contribution in [-0.4, -0.2) is 5.97 Å². The molecule has 0 bridgehead atoms. The molecule has 0 amide bonds. The summed E-state index contributed by atoms with van der Waals surface area (Å²) in [5.74, 6) is 0.389. The van der Waals surface area contributed by atoms with E-state index < -0.39 is 5.41 Å². The van der Waals surface area contributed by atoms with Crippen molar-refractivity contribution in [3.8, 4) is 0 Å². The molecule has 0 radical (unpaired) electrons. The highest BCUT2D eigenvalue weighted by Gasteiger charge is 2.38. The first-order chi connectivity index (χ1) is 12.6. The molecule has 0 aliphatic rings. The second-order valence-electron chi connectivity index (χ2n) is 7.78. The van der Waals surface area contributed by atoms with Crippen LogP contribution in [0.3, 0.4) is 0 Å². The van der Waals surface area contributed by atoms with Crippen LogP contribution in [0.15, 0.2) is 25.5 Å². The standard InChI is InChI=1S/C24H44O2/c1-6-11-13-14-15-16-17-18-20-24(9-4,23(25)26-10-5)21-22(8-3)19-12-7-2/h9-10,22H,4-8,11-21H2,1-3H3. The second-order valence-corrected chi connectivity index (χ2v) is 7.78. The van der Waals surface area contributed by atoms with Crippen molar-refractivity contribution in [1.82, 2.24) is 0 Å². The Morgan fingerprint density at radius 3 is 2.00 bits per heavy atom. The molecule has 0 saturated carbocycles. The fourth-order valence-electron chi connectivity index (χ4n) is 3.78. The topological polar surface area (TPSA) is 26.3 Å². The molecule has 0 fully saturated rings. The molecule has 0 aliphatic heterocycles. The van der Waals surface area contributed by atoms with E-state index >= 15 is 0 Å². The lowest BCUT2D eigenvalue weighted by molar-refractivity contribution is -0.148. The molecule has 0 aromatic rings. The van der Waals surface area contributed by atoms with Gasteiger partial charge >= 0.3 is 5.97 Å². The molecule has 0 aliphatic carbocycles. The number of esters is 1. The van der Waals surface area contributed by atoms with E-state index in [9.17, 15) is 4.79 Å². The van der Waals surface area contributed by atoms with Gasteiger partial charge < -0.3 is 4.74 Å². The first-order valence-electron chi connectivity index (χ1n) is 11.1. The normalized spacial score (nSPS) is 14.4. The van der Waals surface area contributed by atoms with Gasteiger partial charge in [0.2, 0.25) is 0 Å². The largest absolute Gasteiger partial charge is 0.434 e. The lowest BCUT2D eigenvalue weighted by atomic mass is 9.73. The molecule has 2 unspecified atom stereocenters. The predicted octanol–water partition coefficient (Wildman–Crippen LogP) is 7.98. The Morgan fingerprint density at radius 1 is 0.923 bits per heavy atom. The third kappa shape index (κ3) is 10.2. The van der Waals surface area contributed by atoms with Crippen LogP contribution in [0.5, 0.6) is 0 Å². The number of hydrogen-bond donors (Lipinski definition) is 0. The van der Waals surface area contributed by atoms with E-state index in [1.807, 2.05) is 6.08 Å². The minimum atomic E-state index is -0.551. The molecule has 2 nitrogen and oxygen atoms in total. The summed E-state index contributed by atoms with van der Waals surface area (Å²) < 4.78 is 5.22. The molecule has 0 saturated heterocycles. The molecule has 2 heteroatoms. The average molecular weight is 365 g/mol. The van der Waals surface area contributed by atoms with Crippen LogP contribution in [0.2, 0.25) is 0 Å². The Balaban J connectivity index is 4.64. The summed E-state index contributed by atoms with van der Waals surface area (Å²) in [5.41, 5.74) is -0.551. The second kappa shape index (κ2) is 16.1. The Kier molecular flexibility index (Phi) is 15.5. The smallest absolute Gasteiger partial charge is 0.320 e. The number of carbonyl (C=O) groups is 1. The molecule has 0 N–H and O–H groups in total. The first-order valence-corrected chi connectivity index (χ1v) is 11.1. The van der Waals surface area contributed by atoms with E-state index in [1.165, 1.54) is 70.5 Å². The molecule has 0 aromatic heterocycles. The van der Waals surface area contributed by atoms with Crippen LogP contribution in [0.25, 0.3) is 0 Å². The van der Waals surface area contributed by atoms with Crippen molar-refractivity contribution in [3.05, 3.63) is 25.5 Å². The van der Waals surface area contributed by atoms with Gasteiger partial charge in [0.1, 0.15) is 0 Å². The maximum atomic E-state index is 12.7. The summed E-state index contributed by atoms with van der Waals surface area (Å²) in [6.07, 6.45) is 19.7. The van der Waals surface area contributed by atoms with Gasteiger partial charge in [0.25, 0.3) is 0 Å². The van der Waals surface area contributed by atoms with Gasteiger partial charge in [-0.25, -0.2) is 0 Å². The SMILES string of the molecule is C=COC(=O)C(C=C)(CCCCCCCCCC)CC(CC)CCCC. The predicted molar refractivity (Wildman–Crippen MR) is 114 cm³/mol.